The van der Waals surface area contributed by atoms with E-state index in [4.69, 9.17) is 10.5 Å². The number of carbonyl (C=O) groups is 1. The topological polar surface area (TPSA) is 81.3 Å². The van der Waals surface area contributed by atoms with Crippen LogP contribution in [0.5, 0.6) is 6.01 Å². The standard InChI is InChI=1S/C16H18N4O2/c1-2-8-22-16-18-14(17)12-9-13(21)20(15(12)19-16)10-11-6-4-3-5-7-11/h3-7H,2,8-10H2,1H3,(H2,17,18,19). The van der Waals surface area contributed by atoms with Crippen LogP contribution in [-0.4, -0.2) is 22.5 Å². The van der Waals surface area contributed by atoms with E-state index in [1.165, 1.54) is 0 Å². The molecular weight excluding hydrogens is 280 g/mol. The van der Waals surface area contributed by atoms with Gasteiger partial charge in [0.05, 0.1) is 19.6 Å². The van der Waals surface area contributed by atoms with E-state index in [-0.39, 0.29) is 18.3 Å². The molecule has 0 saturated carbocycles. The number of amides is 1. The zero-order valence-corrected chi connectivity index (χ0v) is 12.5. The summed E-state index contributed by atoms with van der Waals surface area (Å²) in [6.07, 6.45) is 1.09. The molecule has 2 heterocycles. The number of nitrogens with zero attached hydrogens (tertiary/aromatic N) is 3. The molecule has 1 aliphatic rings. The predicted molar refractivity (Wildman–Crippen MR) is 83.6 cm³/mol. The Balaban J connectivity index is 1.91. The van der Waals surface area contributed by atoms with E-state index in [9.17, 15) is 4.79 Å². The van der Waals surface area contributed by atoms with Gasteiger partial charge in [-0.15, -0.1) is 0 Å². The fourth-order valence-electron chi connectivity index (χ4n) is 2.41. The first-order chi connectivity index (χ1) is 10.7. The SMILES string of the molecule is CCCOc1nc(N)c2c(n1)N(Cc1ccccc1)C(=O)C2. The van der Waals surface area contributed by atoms with Gasteiger partial charge in [0, 0.05) is 5.56 Å². The molecule has 1 aliphatic heterocycles. The van der Waals surface area contributed by atoms with Crippen molar-refractivity contribution in [3.8, 4) is 6.01 Å². The predicted octanol–water partition coefficient (Wildman–Crippen LogP) is 1.94. The summed E-state index contributed by atoms with van der Waals surface area (Å²) in [7, 11) is 0. The van der Waals surface area contributed by atoms with Crippen molar-refractivity contribution in [2.24, 2.45) is 0 Å². The summed E-state index contributed by atoms with van der Waals surface area (Å²) >= 11 is 0. The van der Waals surface area contributed by atoms with Crippen LogP contribution in [0.3, 0.4) is 0 Å². The molecule has 0 spiro atoms. The van der Waals surface area contributed by atoms with E-state index in [1.54, 1.807) is 4.90 Å². The third-order valence-corrected chi connectivity index (χ3v) is 3.50. The minimum Gasteiger partial charge on any atom is -0.463 e. The van der Waals surface area contributed by atoms with E-state index in [2.05, 4.69) is 9.97 Å². The molecule has 0 radical (unpaired) electrons. The van der Waals surface area contributed by atoms with Gasteiger partial charge in [0.25, 0.3) is 0 Å². The van der Waals surface area contributed by atoms with Crippen LogP contribution in [0.2, 0.25) is 0 Å². The number of fused-ring (bicyclic) bond motifs is 1. The monoisotopic (exact) mass is 298 g/mol. The maximum atomic E-state index is 12.3. The molecule has 0 bridgehead atoms. The lowest BCUT2D eigenvalue weighted by molar-refractivity contribution is -0.117. The molecular formula is C16H18N4O2. The van der Waals surface area contributed by atoms with Gasteiger partial charge in [0.15, 0.2) is 0 Å². The second kappa shape index (κ2) is 6.01. The molecule has 2 aromatic rings. The second-order valence-electron chi connectivity index (χ2n) is 5.18. The lowest BCUT2D eigenvalue weighted by atomic mass is 10.2. The number of anilines is 2. The molecule has 1 amide bonds. The molecule has 6 heteroatoms. The van der Waals surface area contributed by atoms with Gasteiger partial charge in [-0.2, -0.15) is 9.97 Å². The summed E-state index contributed by atoms with van der Waals surface area (Å²) in [5, 5.41) is 0. The zero-order chi connectivity index (χ0) is 15.5. The Morgan fingerprint density at radius 1 is 1.27 bits per heavy atom. The first-order valence-electron chi connectivity index (χ1n) is 7.32. The smallest absolute Gasteiger partial charge is 0.320 e. The molecule has 1 aromatic carbocycles. The van der Waals surface area contributed by atoms with Gasteiger partial charge < -0.3 is 10.5 Å². The normalized spacial score (nSPS) is 13.3. The van der Waals surface area contributed by atoms with Crippen molar-refractivity contribution in [1.82, 2.24) is 9.97 Å². The number of carbonyl (C=O) groups excluding carboxylic acids is 1. The summed E-state index contributed by atoms with van der Waals surface area (Å²) in [4.78, 5) is 22.4. The third kappa shape index (κ3) is 2.72. The van der Waals surface area contributed by atoms with Crippen LogP contribution in [0.25, 0.3) is 0 Å². The van der Waals surface area contributed by atoms with Gasteiger partial charge >= 0.3 is 6.01 Å². The van der Waals surface area contributed by atoms with Crippen molar-refractivity contribution in [2.75, 3.05) is 17.2 Å². The van der Waals surface area contributed by atoms with Gasteiger partial charge in [-0.25, -0.2) is 0 Å². The highest BCUT2D eigenvalue weighted by Gasteiger charge is 2.32. The van der Waals surface area contributed by atoms with Crippen molar-refractivity contribution < 1.29 is 9.53 Å². The maximum Gasteiger partial charge on any atom is 0.320 e. The summed E-state index contributed by atoms with van der Waals surface area (Å²) in [5.41, 5.74) is 7.68. The number of nitrogen functional groups attached to an aromatic ring is 1. The Hall–Kier alpha value is -2.63. The molecule has 0 atom stereocenters. The van der Waals surface area contributed by atoms with Crippen LogP contribution < -0.4 is 15.4 Å². The maximum absolute atomic E-state index is 12.3. The van der Waals surface area contributed by atoms with E-state index in [0.29, 0.717) is 30.4 Å². The summed E-state index contributed by atoms with van der Waals surface area (Å²) in [5.74, 6) is 0.861. The van der Waals surface area contributed by atoms with Crippen molar-refractivity contribution in [1.29, 1.82) is 0 Å². The number of ether oxygens (including phenoxy) is 1. The van der Waals surface area contributed by atoms with Crippen molar-refractivity contribution in [2.45, 2.75) is 26.3 Å². The lowest BCUT2D eigenvalue weighted by Gasteiger charge is -2.17. The van der Waals surface area contributed by atoms with Gasteiger partial charge in [-0.3, -0.25) is 9.69 Å². The Bertz CT molecular complexity index is 688. The van der Waals surface area contributed by atoms with Crippen molar-refractivity contribution in [3.63, 3.8) is 0 Å². The molecule has 0 aliphatic carbocycles. The first-order valence-corrected chi connectivity index (χ1v) is 7.32. The number of aromatic nitrogens is 2. The highest BCUT2D eigenvalue weighted by molar-refractivity contribution is 6.01. The zero-order valence-electron chi connectivity index (χ0n) is 12.5. The molecule has 0 fully saturated rings. The number of rotatable bonds is 5. The van der Waals surface area contributed by atoms with Gasteiger partial charge in [0.2, 0.25) is 5.91 Å². The number of nitrogens with two attached hydrogens (primary N) is 1. The highest BCUT2D eigenvalue weighted by Crippen LogP contribution is 2.33. The van der Waals surface area contributed by atoms with Crippen LogP contribution in [0.4, 0.5) is 11.6 Å². The molecule has 22 heavy (non-hydrogen) atoms. The fraction of sp³-hybridized carbons (Fsp3) is 0.312. The second-order valence-corrected chi connectivity index (χ2v) is 5.18. The molecule has 0 saturated heterocycles. The fourth-order valence-corrected chi connectivity index (χ4v) is 2.41. The van der Waals surface area contributed by atoms with Gasteiger partial charge in [-0.1, -0.05) is 37.3 Å². The third-order valence-electron chi connectivity index (χ3n) is 3.50. The van der Waals surface area contributed by atoms with Crippen LogP contribution in [-0.2, 0) is 17.8 Å². The Morgan fingerprint density at radius 3 is 2.77 bits per heavy atom. The number of benzene rings is 1. The van der Waals surface area contributed by atoms with E-state index < -0.39 is 0 Å². The van der Waals surface area contributed by atoms with Crippen LogP contribution >= 0.6 is 0 Å². The molecule has 114 valence electrons. The highest BCUT2D eigenvalue weighted by atomic mass is 16.5. The van der Waals surface area contributed by atoms with Gasteiger partial charge in [-0.05, 0) is 12.0 Å². The Morgan fingerprint density at radius 2 is 2.05 bits per heavy atom. The lowest BCUT2D eigenvalue weighted by Crippen LogP contribution is -2.26. The minimum absolute atomic E-state index is 0.0208. The van der Waals surface area contributed by atoms with Crippen LogP contribution in [0.1, 0.15) is 24.5 Å². The number of hydrogen-bond acceptors (Lipinski definition) is 5. The summed E-state index contributed by atoms with van der Waals surface area (Å²) in [6.45, 7) is 2.99. The average molecular weight is 298 g/mol. The Labute approximate surface area is 128 Å². The van der Waals surface area contributed by atoms with Crippen LogP contribution in [0.15, 0.2) is 30.3 Å². The van der Waals surface area contributed by atoms with E-state index in [0.717, 1.165) is 12.0 Å². The minimum atomic E-state index is -0.0208. The van der Waals surface area contributed by atoms with E-state index in [1.807, 2.05) is 37.3 Å². The first kappa shape index (κ1) is 14.3. The quantitative estimate of drug-likeness (QED) is 0.912. The van der Waals surface area contributed by atoms with E-state index >= 15 is 0 Å². The molecule has 2 N–H and O–H groups in total. The number of hydrogen-bond donors (Lipinski definition) is 1. The largest absolute Gasteiger partial charge is 0.463 e. The molecule has 1 aromatic heterocycles. The van der Waals surface area contributed by atoms with Gasteiger partial charge in [0.1, 0.15) is 11.6 Å². The van der Waals surface area contributed by atoms with Crippen LogP contribution in [0, 0.1) is 0 Å². The summed E-state index contributed by atoms with van der Waals surface area (Å²) in [6, 6.07) is 10.0. The molecule has 0 unspecified atom stereocenters. The van der Waals surface area contributed by atoms with Crippen molar-refractivity contribution in [3.05, 3.63) is 41.5 Å². The molecule has 6 nitrogen and oxygen atoms in total. The average Bonchev–Trinajstić information content (AvgIpc) is 2.83. The summed E-state index contributed by atoms with van der Waals surface area (Å²) < 4.78 is 5.45. The van der Waals surface area contributed by atoms with Crippen molar-refractivity contribution >= 4 is 17.5 Å². The molecule has 3 rings (SSSR count). The Kier molecular flexibility index (Phi) is 3.91.